The molecule has 1 N–H and O–H groups in total. The molecule has 30 heavy (non-hydrogen) atoms. The second kappa shape index (κ2) is 9.52. The number of carbonyl (C=O) groups is 2. The normalized spacial score (nSPS) is 16.0. The summed E-state index contributed by atoms with van der Waals surface area (Å²) in [7, 11) is 0. The second-order valence-electron chi connectivity index (χ2n) is 8.50. The SMILES string of the molecule is CCOC(=O)c1c(NC(=O)COc2ccccc2Br)sc2c1CCC(C(C)(C)C)C2. The summed E-state index contributed by atoms with van der Waals surface area (Å²) in [6, 6.07) is 7.36. The minimum absolute atomic E-state index is 0.141. The highest BCUT2D eigenvalue weighted by Gasteiger charge is 2.34. The third kappa shape index (κ3) is 5.24. The lowest BCUT2D eigenvalue weighted by atomic mass is 9.72. The first-order valence-electron chi connectivity index (χ1n) is 10.2. The van der Waals surface area contributed by atoms with Crippen LogP contribution < -0.4 is 10.1 Å². The molecule has 0 fully saturated rings. The van der Waals surface area contributed by atoms with Crippen LogP contribution in [0.1, 0.15) is 54.9 Å². The van der Waals surface area contributed by atoms with E-state index < -0.39 is 0 Å². The highest BCUT2D eigenvalue weighted by Crippen LogP contribution is 2.44. The van der Waals surface area contributed by atoms with E-state index in [0.29, 0.717) is 28.8 Å². The van der Waals surface area contributed by atoms with Crippen LogP contribution in [0, 0.1) is 11.3 Å². The molecule has 7 heteroatoms. The number of rotatable bonds is 6. The first-order valence-corrected chi connectivity index (χ1v) is 11.8. The Bertz CT molecular complexity index is 932. The molecular formula is C23H28BrNO4S. The van der Waals surface area contributed by atoms with Gasteiger partial charge in [0, 0.05) is 4.88 Å². The van der Waals surface area contributed by atoms with E-state index in [9.17, 15) is 9.59 Å². The van der Waals surface area contributed by atoms with Crippen molar-refractivity contribution >= 4 is 44.1 Å². The van der Waals surface area contributed by atoms with Gasteiger partial charge in [0.1, 0.15) is 10.8 Å². The van der Waals surface area contributed by atoms with Crippen LogP contribution in [0.2, 0.25) is 0 Å². The molecule has 1 aromatic heterocycles. The summed E-state index contributed by atoms with van der Waals surface area (Å²) in [5.74, 6) is 0.464. The Morgan fingerprint density at radius 2 is 2.00 bits per heavy atom. The molecule has 2 aromatic rings. The summed E-state index contributed by atoms with van der Waals surface area (Å²) in [6.45, 7) is 8.71. The highest BCUT2D eigenvalue weighted by molar-refractivity contribution is 9.10. The largest absolute Gasteiger partial charge is 0.483 e. The molecule has 0 bridgehead atoms. The Labute approximate surface area is 190 Å². The van der Waals surface area contributed by atoms with Gasteiger partial charge in [0.2, 0.25) is 0 Å². The first-order chi connectivity index (χ1) is 14.2. The lowest BCUT2D eigenvalue weighted by molar-refractivity contribution is -0.118. The number of benzene rings is 1. The molecule has 1 aliphatic carbocycles. The lowest BCUT2D eigenvalue weighted by Crippen LogP contribution is -2.26. The second-order valence-corrected chi connectivity index (χ2v) is 10.5. The summed E-state index contributed by atoms with van der Waals surface area (Å²) in [5.41, 5.74) is 1.74. The zero-order valence-corrected chi connectivity index (χ0v) is 20.2. The number of ether oxygens (including phenoxy) is 2. The molecule has 0 spiro atoms. The number of carbonyl (C=O) groups excluding carboxylic acids is 2. The van der Waals surface area contributed by atoms with Gasteiger partial charge in [0.25, 0.3) is 5.91 Å². The fraction of sp³-hybridized carbons (Fsp3) is 0.478. The van der Waals surface area contributed by atoms with E-state index >= 15 is 0 Å². The van der Waals surface area contributed by atoms with Crippen LogP contribution >= 0.6 is 27.3 Å². The van der Waals surface area contributed by atoms with Crippen LogP contribution in [0.3, 0.4) is 0 Å². The van der Waals surface area contributed by atoms with Crippen molar-refractivity contribution in [3.8, 4) is 5.75 Å². The van der Waals surface area contributed by atoms with Crippen molar-refractivity contribution in [2.24, 2.45) is 11.3 Å². The summed E-state index contributed by atoms with van der Waals surface area (Å²) in [5, 5.41) is 3.45. The molecule has 0 aliphatic heterocycles. The van der Waals surface area contributed by atoms with Crippen LogP contribution in [0.5, 0.6) is 5.75 Å². The predicted molar refractivity (Wildman–Crippen MR) is 124 cm³/mol. The summed E-state index contributed by atoms with van der Waals surface area (Å²) in [6.07, 6.45) is 2.77. The number of amides is 1. The van der Waals surface area contributed by atoms with Crippen molar-refractivity contribution in [1.82, 2.24) is 0 Å². The molecule has 1 aliphatic rings. The van der Waals surface area contributed by atoms with Gasteiger partial charge in [0.05, 0.1) is 16.6 Å². The maximum atomic E-state index is 12.7. The Hall–Kier alpha value is -1.86. The predicted octanol–water partition coefficient (Wildman–Crippen LogP) is 5.86. The van der Waals surface area contributed by atoms with Gasteiger partial charge in [-0.15, -0.1) is 11.3 Å². The quantitative estimate of drug-likeness (QED) is 0.512. The first kappa shape index (κ1) is 22.8. The molecular weight excluding hydrogens is 466 g/mol. The third-order valence-corrected chi connectivity index (χ3v) is 7.24. The molecule has 1 heterocycles. The number of para-hydroxylation sites is 1. The number of fused-ring (bicyclic) bond motifs is 1. The number of hydrogen-bond acceptors (Lipinski definition) is 5. The molecule has 5 nitrogen and oxygen atoms in total. The highest BCUT2D eigenvalue weighted by atomic mass is 79.9. The van der Waals surface area contributed by atoms with Crippen LogP contribution in [-0.4, -0.2) is 25.1 Å². The molecule has 1 amide bonds. The van der Waals surface area contributed by atoms with Gasteiger partial charge in [-0.05, 0) is 71.1 Å². The van der Waals surface area contributed by atoms with Crippen molar-refractivity contribution in [2.45, 2.75) is 47.0 Å². The van der Waals surface area contributed by atoms with E-state index in [2.05, 4.69) is 42.0 Å². The monoisotopic (exact) mass is 493 g/mol. The summed E-state index contributed by atoms with van der Waals surface area (Å²) >= 11 is 4.90. The van der Waals surface area contributed by atoms with Gasteiger partial charge in [-0.2, -0.15) is 0 Å². The zero-order chi connectivity index (χ0) is 21.9. The zero-order valence-electron chi connectivity index (χ0n) is 17.8. The minimum atomic E-state index is -0.369. The van der Waals surface area contributed by atoms with Crippen LogP contribution in [-0.2, 0) is 22.4 Å². The molecule has 3 rings (SSSR count). The standard InChI is InChI=1S/C23H28BrNO4S/c1-5-28-22(27)20-15-11-10-14(23(2,3)4)12-18(15)30-21(20)25-19(26)13-29-17-9-7-6-8-16(17)24/h6-9,14H,5,10-13H2,1-4H3,(H,25,26). The van der Waals surface area contributed by atoms with Crippen molar-refractivity contribution in [2.75, 3.05) is 18.5 Å². The van der Waals surface area contributed by atoms with Crippen LogP contribution in [0.25, 0.3) is 0 Å². The van der Waals surface area contributed by atoms with Crippen molar-refractivity contribution in [1.29, 1.82) is 0 Å². The topological polar surface area (TPSA) is 64.6 Å². The van der Waals surface area contributed by atoms with E-state index in [0.717, 1.165) is 29.3 Å². The molecule has 1 aromatic carbocycles. The molecule has 0 saturated heterocycles. The number of thiophene rings is 1. The van der Waals surface area contributed by atoms with Crippen molar-refractivity contribution in [3.05, 3.63) is 44.7 Å². The Morgan fingerprint density at radius 3 is 2.67 bits per heavy atom. The van der Waals surface area contributed by atoms with E-state index in [-0.39, 0.29) is 23.9 Å². The van der Waals surface area contributed by atoms with Gasteiger partial charge in [-0.3, -0.25) is 4.79 Å². The number of nitrogens with one attached hydrogen (secondary N) is 1. The van der Waals surface area contributed by atoms with E-state index in [1.165, 1.54) is 16.2 Å². The Kier molecular flexibility index (Phi) is 7.24. The van der Waals surface area contributed by atoms with Crippen molar-refractivity contribution < 1.29 is 19.1 Å². The van der Waals surface area contributed by atoms with Gasteiger partial charge >= 0.3 is 5.97 Å². The number of hydrogen-bond donors (Lipinski definition) is 1. The number of halogens is 1. The fourth-order valence-corrected chi connectivity index (χ4v) is 5.43. The van der Waals surface area contributed by atoms with Crippen LogP contribution in [0.4, 0.5) is 5.00 Å². The summed E-state index contributed by atoms with van der Waals surface area (Å²) in [4.78, 5) is 26.4. The molecule has 1 atom stereocenters. The average molecular weight is 494 g/mol. The van der Waals surface area contributed by atoms with E-state index in [1.54, 1.807) is 13.0 Å². The Balaban J connectivity index is 1.79. The van der Waals surface area contributed by atoms with Gasteiger partial charge in [-0.1, -0.05) is 32.9 Å². The molecule has 1 unspecified atom stereocenters. The lowest BCUT2D eigenvalue weighted by Gasteiger charge is -2.33. The van der Waals surface area contributed by atoms with E-state index in [4.69, 9.17) is 9.47 Å². The third-order valence-electron chi connectivity index (χ3n) is 5.42. The minimum Gasteiger partial charge on any atom is -0.483 e. The summed E-state index contributed by atoms with van der Waals surface area (Å²) < 4.78 is 11.7. The van der Waals surface area contributed by atoms with Gasteiger partial charge in [-0.25, -0.2) is 4.79 Å². The van der Waals surface area contributed by atoms with E-state index in [1.807, 2.05) is 18.2 Å². The fourth-order valence-electron chi connectivity index (χ4n) is 3.70. The average Bonchev–Trinajstić information content (AvgIpc) is 3.03. The van der Waals surface area contributed by atoms with Gasteiger partial charge < -0.3 is 14.8 Å². The van der Waals surface area contributed by atoms with Crippen molar-refractivity contribution in [3.63, 3.8) is 0 Å². The maximum Gasteiger partial charge on any atom is 0.341 e. The molecule has 0 saturated carbocycles. The molecule has 162 valence electrons. The van der Waals surface area contributed by atoms with Crippen LogP contribution in [0.15, 0.2) is 28.7 Å². The smallest absolute Gasteiger partial charge is 0.341 e. The Morgan fingerprint density at radius 1 is 1.27 bits per heavy atom. The maximum absolute atomic E-state index is 12.7. The molecule has 0 radical (unpaired) electrons. The van der Waals surface area contributed by atoms with Gasteiger partial charge in [0.15, 0.2) is 6.61 Å². The number of anilines is 1. The number of esters is 1.